The summed E-state index contributed by atoms with van der Waals surface area (Å²) in [4.78, 5) is 0. The molecule has 2 rings (SSSR count). The molecule has 0 heterocycles. The SMILES string of the molecule is CC(C)(C)c1cccc2ccc(F)c(F)c12. The number of benzene rings is 2. The van der Waals surface area contributed by atoms with Crippen molar-refractivity contribution in [2.75, 3.05) is 0 Å². The second-order valence-electron chi connectivity index (χ2n) is 5.02. The minimum absolute atomic E-state index is 0.200. The third-order valence-electron chi connectivity index (χ3n) is 2.74. The Morgan fingerprint density at radius 3 is 2.25 bits per heavy atom. The fourth-order valence-corrected chi connectivity index (χ4v) is 1.93. The molecule has 0 spiro atoms. The van der Waals surface area contributed by atoms with Gasteiger partial charge >= 0.3 is 0 Å². The lowest BCUT2D eigenvalue weighted by molar-refractivity contribution is 0.513. The Labute approximate surface area is 93.9 Å². The first-order chi connectivity index (χ1) is 7.41. The highest BCUT2D eigenvalue weighted by Gasteiger charge is 2.20. The first kappa shape index (κ1) is 11.1. The van der Waals surface area contributed by atoms with Gasteiger partial charge in [0.1, 0.15) is 0 Å². The maximum atomic E-state index is 13.8. The van der Waals surface area contributed by atoms with Crippen LogP contribution in [0, 0.1) is 11.6 Å². The van der Waals surface area contributed by atoms with Crippen molar-refractivity contribution in [1.29, 1.82) is 0 Å². The summed E-state index contributed by atoms with van der Waals surface area (Å²) in [5, 5.41) is 1.14. The predicted molar refractivity (Wildman–Crippen MR) is 62.6 cm³/mol. The zero-order chi connectivity index (χ0) is 11.9. The van der Waals surface area contributed by atoms with E-state index in [2.05, 4.69) is 0 Å². The molecule has 2 heteroatoms. The van der Waals surface area contributed by atoms with Crippen LogP contribution in [-0.2, 0) is 5.41 Å². The molecule has 0 aliphatic heterocycles. The second-order valence-corrected chi connectivity index (χ2v) is 5.02. The van der Waals surface area contributed by atoms with E-state index in [0.717, 1.165) is 10.9 Å². The van der Waals surface area contributed by atoms with E-state index >= 15 is 0 Å². The summed E-state index contributed by atoms with van der Waals surface area (Å²) in [5.74, 6) is -1.53. The minimum Gasteiger partial charge on any atom is -0.204 e. The van der Waals surface area contributed by atoms with Crippen LogP contribution in [0.2, 0.25) is 0 Å². The topological polar surface area (TPSA) is 0 Å². The smallest absolute Gasteiger partial charge is 0.166 e. The Kier molecular flexibility index (Phi) is 2.45. The molecule has 0 aliphatic carbocycles. The Morgan fingerprint density at radius 2 is 1.62 bits per heavy atom. The lowest BCUT2D eigenvalue weighted by Gasteiger charge is -2.21. The summed E-state index contributed by atoms with van der Waals surface area (Å²) in [6.07, 6.45) is 0. The van der Waals surface area contributed by atoms with Crippen molar-refractivity contribution in [2.45, 2.75) is 26.2 Å². The lowest BCUT2D eigenvalue weighted by atomic mass is 9.83. The number of halogens is 2. The molecule has 0 aliphatic rings. The van der Waals surface area contributed by atoms with Gasteiger partial charge in [-0.15, -0.1) is 0 Å². The molecule has 0 bridgehead atoms. The van der Waals surface area contributed by atoms with Crippen LogP contribution < -0.4 is 0 Å². The summed E-state index contributed by atoms with van der Waals surface area (Å²) < 4.78 is 27.1. The fraction of sp³-hybridized carbons (Fsp3) is 0.286. The summed E-state index contributed by atoms with van der Waals surface area (Å²) in [6.45, 7) is 5.98. The molecule has 0 amide bonds. The second kappa shape index (κ2) is 3.55. The summed E-state index contributed by atoms with van der Waals surface area (Å²) in [7, 11) is 0. The van der Waals surface area contributed by atoms with E-state index in [0.29, 0.717) is 5.39 Å². The Bertz CT molecular complexity index is 536. The van der Waals surface area contributed by atoms with E-state index in [1.165, 1.54) is 6.07 Å². The molecule has 2 aromatic rings. The van der Waals surface area contributed by atoms with Gasteiger partial charge < -0.3 is 0 Å². The highest BCUT2D eigenvalue weighted by molar-refractivity contribution is 5.87. The van der Waals surface area contributed by atoms with E-state index < -0.39 is 11.6 Å². The quantitative estimate of drug-likeness (QED) is 0.616. The van der Waals surface area contributed by atoms with Gasteiger partial charge in [-0.2, -0.15) is 0 Å². The van der Waals surface area contributed by atoms with E-state index in [9.17, 15) is 8.78 Å². The molecular weight excluding hydrogens is 206 g/mol. The molecule has 0 saturated carbocycles. The van der Waals surface area contributed by atoms with E-state index in [1.54, 1.807) is 12.1 Å². The molecule has 0 nitrogen and oxygen atoms in total. The maximum absolute atomic E-state index is 13.8. The normalized spacial score (nSPS) is 12.1. The van der Waals surface area contributed by atoms with E-state index in [1.807, 2.05) is 32.9 Å². The molecule has 0 aromatic heterocycles. The third-order valence-corrected chi connectivity index (χ3v) is 2.74. The van der Waals surface area contributed by atoms with Crippen molar-refractivity contribution in [1.82, 2.24) is 0 Å². The van der Waals surface area contributed by atoms with E-state index in [4.69, 9.17) is 0 Å². The van der Waals surface area contributed by atoms with Gasteiger partial charge in [0.05, 0.1) is 0 Å². The van der Waals surface area contributed by atoms with Gasteiger partial charge in [0, 0.05) is 5.39 Å². The predicted octanol–water partition coefficient (Wildman–Crippen LogP) is 4.42. The van der Waals surface area contributed by atoms with Crippen molar-refractivity contribution >= 4 is 10.8 Å². The van der Waals surface area contributed by atoms with Crippen LogP contribution in [0.15, 0.2) is 30.3 Å². The Morgan fingerprint density at radius 1 is 0.938 bits per heavy atom. The molecule has 0 radical (unpaired) electrons. The van der Waals surface area contributed by atoms with Gasteiger partial charge in [-0.3, -0.25) is 0 Å². The summed E-state index contributed by atoms with van der Waals surface area (Å²) in [6, 6.07) is 8.31. The van der Waals surface area contributed by atoms with E-state index in [-0.39, 0.29) is 5.41 Å². The molecule has 84 valence electrons. The molecule has 0 saturated heterocycles. The average molecular weight is 220 g/mol. The number of fused-ring (bicyclic) bond motifs is 1. The zero-order valence-electron chi connectivity index (χ0n) is 9.64. The van der Waals surface area contributed by atoms with Crippen molar-refractivity contribution < 1.29 is 8.78 Å². The summed E-state index contributed by atoms with van der Waals surface area (Å²) >= 11 is 0. The van der Waals surface area contributed by atoms with Crippen molar-refractivity contribution in [3.05, 3.63) is 47.5 Å². The van der Waals surface area contributed by atoms with Crippen LogP contribution in [0.4, 0.5) is 8.78 Å². The Balaban J connectivity index is 2.91. The molecule has 0 atom stereocenters. The largest absolute Gasteiger partial charge is 0.204 e. The molecular formula is C14H14F2. The summed E-state index contributed by atoms with van der Waals surface area (Å²) in [5.41, 5.74) is 0.635. The molecule has 2 aromatic carbocycles. The molecule has 16 heavy (non-hydrogen) atoms. The average Bonchev–Trinajstić information content (AvgIpc) is 2.21. The first-order valence-electron chi connectivity index (χ1n) is 5.28. The van der Waals surface area contributed by atoms with Crippen LogP contribution in [0.25, 0.3) is 10.8 Å². The number of hydrogen-bond acceptors (Lipinski definition) is 0. The first-order valence-corrected chi connectivity index (χ1v) is 5.28. The van der Waals surface area contributed by atoms with Gasteiger partial charge in [0.15, 0.2) is 11.6 Å². The van der Waals surface area contributed by atoms with Crippen molar-refractivity contribution in [2.24, 2.45) is 0 Å². The van der Waals surface area contributed by atoms with Gasteiger partial charge in [-0.25, -0.2) is 8.78 Å². The molecule has 0 N–H and O–H groups in total. The van der Waals surface area contributed by atoms with Gasteiger partial charge in [-0.05, 0) is 22.4 Å². The number of rotatable bonds is 0. The third kappa shape index (κ3) is 1.69. The van der Waals surface area contributed by atoms with Crippen LogP contribution in [-0.4, -0.2) is 0 Å². The minimum atomic E-state index is -0.788. The van der Waals surface area contributed by atoms with Crippen LogP contribution in [0.3, 0.4) is 0 Å². The fourth-order valence-electron chi connectivity index (χ4n) is 1.93. The van der Waals surface area contributed by atoms with Crippen LogP contribution in [0.1, 0.15) is 26.3 Å². The highest BCUT2D eigenvalue weighted by atomic mass is 19.2. The van der Waals surface area contributed by atoms with Gasteiger partial charge in [0.2, 0.25) is 0 Å². The molecule has 0 fully saturated rings. The van der Waals surface area contributed by atoms with Crippen LogP contribution in [0.5, 0.6) is 0 Å². The maximum Gasteiger partial charge on any atom is 0.166 e. The van der Waals surface area contributed by atoms with Gasteiger partial charge in [0.25, 0.3) is 0 Å². The van der Waals surface area contributed by atoms with Crippen molar-refractivity contribution in [3.8, 4) is 0 Å². The molecule has 0 unspecified atom stereocenters. The standard InChI is InChI=1S/C14H14F2/c1-14(2,3)10-6-4-5-9-7-8-11(15)13(16)12(9)10/h4-8H,1-3H3. The monoisotopic (exact) mass is 220 g/mol. The van der Waals surface area contributed by atoms with Crippen molar-refractivity contribution in [3.63, 3.8) is 0 Å². The number of hydrogen-bond donors (Lipinski definition) is 0. The van der Waals surface area contributed by atoms with Crippen LogP contribution >= 0.6 is 0 Å². The Hall–Kier alpha value is -1.44. The zero-order valence-corrected chi connectivity index (χ0v) is 9.64. The van der Waals surface area contributed by atoms with Gasteiger partial charge in [-0.1, -0.05) is 45.0 Å². The highest BCUT2D eigenvalue weighted by Crippen LogP contribution is 2.32. The lowest BCUT2D eigenvalue weighted by Crippen LogP contribution is -2.12.